The van der Waals surface area contributed by atoms with Crippen molar-refractivity contribution in [1.29, 1.82) is 0 Å². The Morgan fingerprint density at radius 1 is 1.23 bits per heavy atom. The van der Waals surface area contributed by atoms with Crippen molar-refractivity contribution in [3.8, 4) is 17.0 Å². The molecule has 2 heterocycles. The van der Waals surface area contributed by atoms with E-state index in [4.69, 9.17) is 21.1 Å². The molecule has 0 saturated carbocycles. The van der Waals surface area contributed by atoms with Gasteiger partial charge in [-0.25, -0.2) is 14.2 Å². The Bertz CT molecular complexity index is 968. The summed E-state index contributed by atoms with van der Waals surface area (Å²) in [5.41, 5.74) is 0.689. The first-order chi connectivity index (χ1) is 14.1. The van der Waals surface area contributed by atoms with Gasteiger partial charge in [0.2, 0.25) is 0 Å². The lowest BCUT2D eigenvalue weighted by atomic mass is 9.93. The van der Waals surface area contributed by atoms with Crippen molar-refractivity contribution >= 4 is 23.5 Å². The number of nitrogens with zero attached hydrogens (tertiary/aromatic N) is 2. The molecule has 8 heteroatoms. The van der Waals surface area contributed by atoms with E-state index in [2.05, 4.69) is 4.98 Å². The number of methoxy groups -OCH3 is 1. The zero-order chi connectivity index (χ0) is 22.1. The summed E-state index contributed by atoms with van der Waals surface area (Å²) in [7, 11) is 1.49. The summed E-state index contributed by atoms with van der Waals surface area (Å²) in [5, 5.41) is -0.0372. The smallest absolute Gasteiger partial charge is 0.410 e. The van der Waals surface area contributed by atoms with Crippen LogP contribution in [0.1, 0.15) is 37.7 Å². The molecule has 0 atom stereocenters. The van der Waals surface area contributed by atoms with Crippen LogP contribution in [0, 0.1) is 11.7 Å². The standard InChI is InChI=1S/C22H24ClFN2O4/c1-22(2,3)30-21(28)26-11-13(12-26)9-18(27)17-7-8-19(29-4)20(25-17)14-5-6-16(24)15(23)10-14/h5-8,10,13H,9,11-12H2,1-4H3. The number of aromatic nitrogens is 1. The molecule has 1 aliphatic rings. The van der Waals surface area contributed by atoms with Crippen LogP contribution in [0.4, 0.5) is 9.18 Å². The van der Waals surface area contributed by atoms with Crippen molar-refractivity contribution in [3.63, 3.8) is 0 Å². The first-order valence-corrected chi connectivity index (χ1v) is 9.97. The second kappa shape index (κ2) is 8.60. The maximum Gasteiger partial charge on any atom is 0.410 e. The van der Waals surface area contributed by atoms with Crippen LogP contribution in [0.5, 0.6) is 5.75 Å². The maximum absolute atomic E-state index is 13.5. The van der Waals surface area contributed by atoms with Crippen molar-refractivity contribution in [2.75, 3.05) is 20.2 Å². The Morgan fingerprint density at radius 2 is 1.93 bits per heavy atom. The van der Waals surface area contributed by atoms with Crippen LogP contribution in [0.3, 0.4) is 0 Å². The van der Waals surface area contributed by atoms with Gasteiger partial charge in [0.1, 0.15) is 28.6 Å². The number of likely N-dealkylation sites (tertiary alicyclic amines) is 1. The summed E-state index contributed by atoms with van der Waals surface area (Å²) in [5.74, 6) is -0.168. The van der Waals surface area contributed by atoms with Crippen molar-refractivity contribution < 1.29 is 23.5 Å². The lowest BCUT2D eigenvalue weighted by molar-refractivity contribution is -0.00175. The maximum atomic E-state index is 13.5. The molecule has 3 rings (SSSR count). The van der Waals surface area contributed by atoms with Gasteiger partial charge >= 0.3 is 6.09 Å². The van der Waals surface area contributed by atoms with Gasteiger partial charge < -0.3 is 14.4 Å². The molecule has 1 saturated heterocycles. The number of carbonyl (C=O) groups is 2. The molecule has 0 unspecified atom stereocenters. The number of rotatable bonds is 5. The molecule has 2 aromatic rings. The summed E-state index contributed by atoms with van der Waals surface area (Å²) in [6, 6.07) is 7.47. The highest BCUT2D eigenvalue weighted by atomic mass is 35.5. The van der Waals surface area contributed by atoms with Crippen LogP contribution in [0.15, 0.2) is 30.3 Å². The van der Waals surface area contributed by atoms with Gasteiger partial charge in [-0.05, 0) is 51.1 Å². The number of hydrogen-bond donors (Lipinski definition) is 0. The van der Waals surface area contributed by atoms with Gasteiger partial charge in [0, 0.05) is 31.0 Å². The van der Waals surface area contributed by atoms with E-state index in [0.29, 0.717) is 30.1 Å². The van der Waals surface area contributed by atoms with E-state index in [-0.39, 0.29) is 34.9 Å². The fourth-order valence-electron chi connectivity index (χ4n) is 3.16. The van der Waals surface area contributed by atoms with E-state index >= 15 is 0 Å². The quantitative estimate of drug-likeness (QED) is 0.620. The Hall–Kier alpha value is -2.67. The average Bonchev–Trinajstić information content (AvgIpc) is 2.64. The third-order valence-corrected chi connectivity index (χ3v) is 4.93. The fourth-order valence-corrected chi connectivity index (χ4v) is 3.34. The topological polar surface area (TPSA) is 68.7 Å². The summed E-state index contributed by atoms with van der Waals surface area (Å²) in [6.45, 7) is 6.38. The van der Waals surface area contributed by atoms with Gasteiger partial charge in [0.15, 0.2) is 5.78 Å². The van der Waals surface area contributed by atoms with Crippen LogP contribution in [-0.4, -0.2) is 47.6 Å². The molecule has 160 valence electrons. The second-order valence-electron chi connectivity index (χ2n) is 8.25. The summed E-state index contributed by atoms with van der Waals surface area (Å²) in [4.78, 5) is 30.8. The molecular formula is C22H24ClFN2O4. The second-order valence-corrected chi connectivity index (χ2v) is 8.66. The lowest BCUT2D eigenvalue weighted by Gasteiger charge is -2.39. The monoisotopic (exact) mass is 434 g/mol. The van der Waals surface area contributed by atoms with Crippen LogP contribution in [0.25, 0.3) is 11.3 Å². The minimum Gasteiger partial charge on any atom is -0.494 e. The Morgan fingerprint density at radius 3 is 2.53 bits per heavy atom. The molecule has 0 aliphatic carbocycles. The number of pyridine rings is 1. The molecular weight excluding hydrogens is 411 g/mol. The number of ether oxygens (including phenoxy) is 2. The predicted octanol–water partition coefficient (Wildman–Crippen LogP) is 4.99. The molecule has 6 nitrogen and oxygen atoms in total. The van der Waals surface area contributed by atoms with Gasteiger partial charge in [-0.15, -0.1) is 0 Å². The highest BCUT2D eigenvalue weighted by molar-refractivity contribution is 6.31. The number of Topliss-reactive ketones (excluding diaryl/α,β-unsaturated/α-hetero) is 1. The summed E-state index contributed by atoms with van der Waals surface area (Å²) in [6.07, 6.45) is -0.105. The van der Waals surface area contributed by atoms with E-state index in [1.807, 2.05) is 20.8 Å². The van der Waals surface area contributed by atoms with E-state index in [0.717, 1.165) is 0 Å². The molecule has 0 N–H and O–H groups in total. The van der Waals surface area contributed by atoms with Crippen LogP contribution >= 0.6 is 11.6 Å². The van der Waals surface area contributed by atoms with Gasteiger partial charge in [-0.2, -0.15) is 0 Å². The Labute approximate surface area is 179 Å². The van der Waals surface area contributed by atoms with Gasteiger partial charge in [-0.3, -0.25) is 4.79 Å². The molecule has 0 radical (unpaired) electrons. The SMILES string of the molecule is COc1ccc(C(=O)CC2CN(C(=O)OC(C)(C)C)C2)nc1-c1ccc(F)c(Cl)c1. The Balaban J connectivity index is 1.69. The van der Waals surface area contributed by atoms with Gasteiger partial charge in [-0.1, -0.05) is 11.6 Å². The third-order valence-electron chi connectivity index (χ3n) is 4.64. The van der Waals surface area contributed by atoms with Crippen LogP contribution in [-0.2, 0) is 4.74 Å². The molecule has 30 heavy (non-hydrogen) atoms. The Kier molecular flexibility index (Phi) is 6.31. The van der Waals surface area contributed by atoms with E-state index in [9.17, 15) is 14.0 Å². The number of hydrogen-bond acceptors (Lipinski definition) is 5. The lowest BCUT2D eigenvalue weighted by Crippen LogP contribution is -2.52. The van der Waals surface area contributed by atoms with Gasteiger partial charge in [0.05, 0.1) is 12.1 Å². The van der Waals surface area contributed by atoms with Gasteiger partial charge in [0.25, 0.3) is 0 Å². The average molecular weight is 435 g/mol. The molecule has 1 amide bonds. The van der Waals surface area contributed by atoms with Crippen LogP contribution in [0.2, 0.25) is 5.02 Å². The minimum atomic E-state index is -0.551. The molecule has 0 bridgehead atoms. The summed E-state index contributed by atoms with van der Waals surface area (Å²) < 4.78 is 24.2. The van der Waals surface area contributed by atoms with Crippen molar-refractivity contribution in [2.24, 2.45) is 5.92 Å². The molecule has 1 fully saturated rings. The van der Waals surface area contributed by atoms with E-state index in [1.54, 1.807) is 17.0 Å². The van der Waals surface area contributed by atoms with Crippen molar-refractivity contribution in [1.82, 2.24) is 9.88 Å². The van der Waals surface area contributed by atoms with E-state index in [1.165, 1.54) is 25.3 Å². The number of halogens is 2. The molecule has 1 aliphatic heterocycles. The predicted molar refractivity (Wildman–Crippen MR) is 111 cm³/mol. The minimum absolute atomic E-state index is 0.0372. The van der Waals surface area contributed by atoms with Crippen molar-refractivity contribution in [2.45, 2.75) is 32.8 Å². The molecule has 0 spiro atoms. The fraction of sp³-hybridized carbons (Fsp3) is 0.409. The normalized spacial score (nSPS) is 14.3. The molecule has 1 aromatic carbocycles. The number of amides is 1. The van der Waals surface area contributed by atoms with E-state index < -0.39 is 11.4 Å². The number of carbonyl (C=O) groups excluding carboxylic acids is 2. The third kappa shape index (κ3) is 5.08. The van der Waals surface area contributed by atoms with Crippen molar-refractivity contribution in [3.05, 3.63) is 46.9 Å². The number of ketones is 1. The number of benzene rings is 1. The zero-order valence-corrected chi connectivity index (χ0v) is 18.1. The zero-order valence-electron chi connectivity index (χ0n) is 17.4. The highest BCUT2D eigenvalue weighted by Gasteiger charge is 2.35. The van der Waals surface area contributed by atoms with Crippen LogP contribution < -0.4 is 4.74 Å². The first-order valence-electron chi connectivity index (χ1n) is 9.59. The summed E-state index contributed by atoms with van der Waals surface area (Å²) >= 11 is 5.88. The largest absolute Gasteiger partial charge is 0.494 e. The molecule has 1 aromatic heterocycles. The highest BCUT2D eigenvalue weighted by Crippen LogP contribution is 2.31. The first kappa shape index (κ1) is 22.0.